The average molecular weight is 412 g/mol. The highest BCUT2D eigenvalue weighted by molar-refractivity contribution is 5.94. The molecule has 0 spiro atoms. The van der Waals surface area contributed by atoms with E-state index < -0.39 is 28.6 Å². The maximum absolute atomic E-state index is 15.6. The number of anilines is 1. The largest absolute Gasteiger partial charge is 0.477 e. The number of rotatable bonds is 3. The number of likely N-dealkylation sites (tertiary alicyclic amines) is 1. The zero-order valence-electron chi connectivity index (χ0n) is 15.2. The van der Waals surface area contributed by atoms with Gasteiger partial charge in [0.15, 0.2) is 5.82 Å². The first-order valence-electron chi connectivity index (χ1n) is 9.14. The van der Waals surface area contributed by atoms with Gasteiger partial charge in [0.1, 0.15) is 17.1 Å². The summed E-state index contributed by atoms with van der Waals surface area (Å²) < 4.78 is 32.0. The third-order valence-corrected chi connectivity index (χ3v) is 6.16. The van der Waals surface area contributed by atoms with Crippen molar-refractivity contribution in [1.82, 2.24) is 9.47 Å². The van der Waals surface area contributed by atoms with Gasteiger partial charge in [0, 0.05) is 37.4 Å². The average Bonchev–Trinajstić information content (AvgIpc) is 3.28. The highest BCUT2D eigenvalue weighted by atomic mass is 35.5. The van der Waals surface area contributed by atoms with E-state index in [1.165, 1.54) is 10.8 Å². The molecule has 2 atom stereocenters. The number of hydrogen-bond acceptors (Lipinski definition) is 4. The van der Waals surface area contributed by atoms with Crippen LogP contribution in [0, 0.1) is 11.6 Å². The van der Waals surface area contributed by atoms with Gasteiger partial charge in [-0.2, -0.15) is 0 Å². The van der Waals surface area contributed by atoms with Gasteiger partial charge in [-0.3, -0.25) is 9.69 Å². The Morgan fingerprint density at radius 2 is 1.89 bits per heavy atom. The van der Waals surface area contributed by atoms with Crippen molar-refractivity contribution in [1.29, 1.82) is 0 Å². The van der Waals surface area contributed by atoms with E-state index in [4.69, 9.17) is 0 Å². The minimum absolute atomic E-state index is 0. The molecule has 2 bridgehead atoms. The van der Waals surface area contributed by atoms with E-state index in [9.17, 15) is 19.1 Å². The molecule has 1 unspecified atom stereocenters. The lowest BCUT2D eigenvalue weighted by Gasteiger charge is -2.34. The lowest BCUT2D eigenvalue weighted by Crippen LogP contribution is -2.45. The molecule has 2 aromatic rings. The molecule has 5 rings (SSSR count). The number of nitrogens with zero attached hydrogens (tertiary/aromatic N) is 3. The topological polar surface area (TPSA) is 65.8 Å². The molecule has 3 fully saturated rings. The molecule has 1 aromatic carbocycles. The number of aromatic carboxylic acids is 1. The Hall–Kier alpha value is -2.19. The zero-order chi connectivity index (χ0) is 19.0. The van der Waals surface area contributed by atoms with Crippen LogP contribution in [0.4, 0.5) is 14.5 Å². The quantitative estimate of drug-likeness (QED) is 0.841. The lowest BCUT2D eigenvalue weighted by atomic mass is 10.1. The number of aromatic nitrogens is 1. The Kier molecular flexibility index (Phi) is 4.39. The van der Waals surface area contributed by atoms with E-state index in [2.05, 4.69) is 4.90 Å². The van der Waals surface area contributed by atoms with Crippen LogP contribution in [0.5, 0.6) is 0 Å². The molecule has 9 heteroatoms. The van der Waals surface area contributed by atoms with Gasteiger partial charge < -0.3 is 14.6 Å². The van der Waals surface area contributed by atoms with Crippen molar-refractivity contribution in [3.8, 4) is 0 Å². The molecule has 1 aliphatic carbocycles. The normalized spacial score (nSPS) is 24.0. The number of halogens is 3. The fourth-order valence-corrected chi connectivity index (χ4v) is 4.63. The van der Waals surface area contributed by atoms with Crippen LogP contribution in [0.1, 0.15) is 35.7 Å². The molecule has 0 radical (unpaired) electrons. The number of benzene rings is 1. The molecular formula is C19H20ClF2N3O3. The lowest BCUT2D eigenvalue weighted by molar-refractivity contribution is 0.0695. The van der Waals surface area contributed by atoms with Gasteiger partial charge in [0.05, 0.1) is 10.9 Å². The van der Waals surface area contributed by atoms with Gasteiger partial charge in [-0.15, -0.1) is 12.4 Å². The minimum atomic E-state index is -1.39. The summed E-state index contributed by atoms with van der Waals surface area (Å²) in [5.74, 6) is -2.96. The molecule has 0 amide bonds. The maximum atomic E-state index is 15.6. The number of fused-ring (bicyclic) bond motifs is 3. The first-order chi connectivity index (χ1) is 12.9. The van der Waals surface area contributed by atoms with Crippen molar-refractivity contribution < 1.29 is 18.7 Å². The molecule has 3 aliphatic rings. The van der Waals surface area contributed by atoms with Crippen molar-refractivity contribution in [2.45, 2.75) is 37.4 Å². The highest BCUT2D eigenvalue weighted by Gasteiger charge is 2.43. The van der Waals surface area contributed by atoms with Crippen molar-refractivity contribution >= 4 is 35.0 Å². The van der Waals surface area contributed by atoms with Gasteiger partial charge in [0.25, 0.3) is 0 Å². The second-order valence-electron chi connectivity index (χ2n) is 7.87. The van der Waals surface area contributed by atoms with Crippen molar-refractivity contribution in [2.24, 2.45) is 0 Å². The Morgan fingerprint density at radius 3 is 2.43 bits per heavy atom. The summed E-state index contributed by atoms with van der Waals surface area (Å²) in [6.45, 7) is 1.29. The van der Waals surface area contributed by atoms with Crippen molar-refractivity contribution in [2.75, 3.05) is 25.0 Å². The van der Waals surface area contributed by atoms with Crippen LogP contribution in [0.2, 0.25) is 0 Å². The summed E-state index contributed by atoms with van der Waals surface area (Å²) in [4.78, 5) is 27.9. The SMILES string of the molecule is CN1CC2C[C@@H]1CN2c1c(F)cc2c(=O)c(C(=O)O)cn(C3CC3)c2c1F.Cl. The fraction of sp³-hybridized carbons (Fsp3) is 0.474. The number of carboxylic acids is 1. The number of pyridine rings is 1. The number of carboxylic acid groups (broad SMARTS) is 1. The summed E-state index contributed by atoms with van der Waals surface area (Å²) in [5.41, 5.74) is -1.38. The summed E-state index contributed by atoms with van der Waals surface area (Å²) >= 11 is 0. The molecule has 28 heavy (non-hydrogen) atoms. The molecule has 3 heterocycles. The maximum Gasteiger partial charge on any atom is 0.341 e. The fourth-order valence-electron chi connectivity index (χ4n) is 4.63. The molecule has 1 N–H and O–H groups in total. The van der Waals surface area contributed by atoms with Gasteiger partial charge in [-0.05, 0) is 32.4 Å². The van der Waals surface area contributed by atoms with Crippen LogP contribution in [0.25, 0.3) is 10.9 Å². The Bertz CT molecular complexity index is 1050. The first kappa shape index (κ1) is 19.1. The molecular weight excluding hydrogens is 392 g/mol. The number of hydrogen-bond donors (Lipinski definition) is 1. The van der Waals surface area contributed by atoms with Crippen LogP contribution in [-0.4, -0.2) is 52.8 Å². The first-order valence-corrected chi connectivity index (χ1v) is 9.14. The molecule has 150 valence electrons. The summed E-state index contributed by atoms with van der Waals surface area (Å²) in [7, 11) is 2.01. The smallest absolute Gasteiger partial charge is 0.341 e. The monoisotopic (exact) mass is 411 g/mol. The predicted molar refractivity (Wildman–Crippen MR) is 103 cm³/mol. The van der Waals surface area contributed by atoms with Gasteiger partial charge >= 0.3 is 5.97 Å². The van der Waals surface area contributed by atoms with Crippen LogP contribution >= 0.6 is 12.4 Å². The Labute approximate surface area is 165 Å². The van der Waals surface area contributed by atoms with E-state index in [0.29, 0.717) is 6.54 Å². The minimum Gasteiger partial charge on any atom is -0.477 e. The van der Waals surface area contributed by atoms with E-state index in [0.717, 1.165) is 31.9 Å². The molecule has 1 saturated carbocycles. The molecule has 1 aromatic heterocycles. The van der Waals surface area contributed by atoms with Crippen molar-refractivity contribution in [3.63, 3.8) is 0 Å². The van der Waals surface area contributed by atoms with Crippen LogP contribution in [-0.2, 0) is 0 Å². The molecule has 2 saturated heterocycles. The zero-order valence-corrected chi connectivity index (χ0v) is 16.0. The Morgan fingerprint density at radius 1 is 1.18 bits per heavy atom. The van der Waals surface area contributed by atoms with E-state index >= 15 is 4.39 Å². The van der Waals surface area contributed by atoms with Gasteiger partial charge in [-0.1, -0.05) is 0 Å². The molecule has 6 nitrogen and oxygen atoms in total. The third kappa shape index (κ3) is 2.62. The second kappa shape index (κ2) is 6.42. The Balaban J connectivity index is 0.00000192. The van der Waals surface area contributed by atoms with E-state index in [1.807, 2.05) is 7.05 Å². The van der Waals surface area contributed by atoms with E-state index in [-0.39, 0.29) is 47.1 Å². The van der Waals surface area contributed by atoms with Gasteiger partial charge in [-0.25, -0.2) is 13.6 Å². The standard InChI is InChI=1S/C19H19F2N3O3.ClH/c1-22-6-11-4-10(22)7-23(11)17-14(20)5-12-16(15(17)21)24(9-2-3-9)8-13(18(12)25)19(26)27;/h5,8-11H,2-4,6-7H2,1H3,(H,26,27);1H/t10-,11?;/m1./s1. The number of piperazine rings is 1. The summed E-state index contributed by atoms with van der Waals surface area (Å²) in [6, 6.07) is 1.27. The number of likely N-dealkylation sites (N-methyl/N-ethyl adjacent to an activating group) is 1. The van der Waals surface area contributed by atoms with Crippen molar-refractivity contribution in [3.05, 3.63) is 39.7 Å². The second-order valence-corrected chi connectivity index (χ2v) is 7.87. The summed E-state index contributed by atoms with van der Waals surface area (Å²) in [6.07, 6.45) is 3.63. The predicted octanol–water partition coefficient (Wildman–Crippen LogP) is 2.63. The van der Waals surface area contributed by atoms with Crippen LogP contribution < -0.4 is 10.3 Å². The highest BCUT2D eigenvalue weighted by Crippen LogP contribution is 2.42. The van der Waals surface area contributed by atoms with Crippen LogP contribution in [0.15, 0.2) is 17.1 Å². The van der Waals surface area contributed by atoms with Crippen LogP contribution in [0.3, 0.4) is 0 Å². The summed E-state index contributed by atoms with van der Waals surface area (Å²) in [5, 5.41) is 9.09. The third-order valence-electron chi connectivity index (χ3n) is 6.16. The molecule has 2 aliphatic heterocycles. The van der Waals surface area contributed by atoms with E-state index in [1.54, 1.807) is 4.90 Å². The number of carbonyl (C=O) groups is 1. The van der Waals surface area contributed by atoms with Gasteiger partial charge in [0.2, 0.25) is 5.43 Å².